The van der Waals surface area contributed by atoms with Crippen LogP contribution in [0, 0.1) is 12.7 Å². The number of halogens is 1. The van der Waals surface area contributed by atoms with Crippen LogP contribution in [0.2, 0.25) is 0 Å². The smallest absolute Gasteiger partial charge is 0.329 e. The van der Waals surface area contributed by atoms with Crippen LogP contribution in [0.15, 0.2) is 48.5 Å². The Bertz CT molecular complexity index is 1030. The number of amides is 1. The first-order valence-electron chi connectivity index (χ1n) is 11.5. The topological polar surface area (TPSA) is 70.1 Å². The molecule has 176 valence electrons. The van der Waals surface area contributed by atoms with E-state index in [2.05, 4.69) is 36.9 Å². The quantitative estimate of drug-likeness (QED) is 0.689. The fraction of sp³-hybridized carbons (Fsp3) is 0.462. The van der Waals surface area contributed by atoms with Crippen molar-refractivity contribution in [3.8, 4) is 0 Å². The maximum atomic E-state index is 14.0. The molecule has 2 heterocycles. The number of piperidine rings is 1. The number of aliphatic carboxylic acids is 1. The Kier molecular flexibility index (Phi) is 6.70. The molecule has 0 bridgehead atoms. The zero-order valence-corrected chi connectivity index (χ0v) is 19.2. The Morgan fingerprint density at radius 2 is 1.94 bits per heavy atom. The second-order valence-corrected chi connectivity index (χ2v) is 9.47. The highest BCUT2D eigenvalue weighted by Crippen LogP contribution is 2.45. The number of benzene rings is 2. The van der Waals surface area contributed by atoms with E-state index >= 15 is 0 Å². The number of hydrogen-bond donors (Lipinski definition) is 1. The first kappa shape index (κ1) is 23.2. The highest BCUT2D eigenvalue weighted by molar-refractivity contribution is 5.79. The number of carbonyl (C=O) groups excluding carboxylic acids is 1. The van der Waals surface area contributed by atoms with Crippen molar-refractivity contribution in [2.24, 2.45) is 0 Å². The molecule has 1 N–H and O–H groups in total. The monoisotopic (exact) mass is 454 g/mol. The summed E-state index contributed by atoms with van der Waals surface area (Å²) in [4.78, 5) is 28.0. The van der Waals surface area contributed by atoms with Gasteiger partial charge in [0.05, 0.1) is 12.1 Å². The average Bonchev–Trinajstić information content (AvgIpc) is 3.04. The van der Waals surface area contributed by atoms with Crippen LogP contribution in [0.4, 0.5) is 10.1 Å². The van der Waals surface area contributed by atoms with Crippen LogP contribution < -0.4 is 4.90 Å². The largest absolute Gasteiger partial charge is 0.480 e. The van der Waals surface area contributed by atoms with Crippen LogP contribution in [0.25, 0.3) is 0 Å². The second kappa shape index (κ2) is 9.51. The lowest BCUT2D eigenvalue weighted by atomic mass is 9.87. The molecule has 7 heteroatoms. The highest BCUT2D eigenvalue weighted by atomic mass is 19.1. The zero-order chi connectivity index (χ0) is 23.6. The van der Waals surface area contributed by atoms with Crippen molar-refractivity contribution in [1.29, 1.82) is 0 Å². The van der Waals surface area contributed by atoms with Crippen LogP contribution in [0.5, 0.6) is 0 Å². The van der Waals surface area contributed by atoms with E-state index < -0.39 is 12.6 Å². The van der Waals surface area contributed by atoms with Gasteiger partial charge in [-0.2, -0.15) is 0 Å². The fourth-order valence-corrected chi connectivity index (χ4v) is 5.68. The number of anilines is 1. The SMILES string of the molecule is Cc1cccc(N2[C@H]3CCCN(C(=O)COCC(=O)O)[C@H]3C[C@@]2(C)Cc2cccc(F)c2)c1. The van der Waals surface area contributed by atoms with E-state index in [4.69, 9.17) is 9.84 Å². The first-order valence-corrected chi connectivity index (χ1v) is 11.5. The molecular weight excluding hydrogens is 423 g/mol. The molecule has 2 fully saturated rings. The average molecular weight is 455 g/mol. The van der Waals surface area contributed by atoms with Crippen molar-refractivity contribution in [2.45, 2.75) is 57.2 Å². The predicted molar refractivity (Wildman–Crippen MR) is 124 cm³/mol. The van der Waals surface area contributed by atoms with Gasteiger partial charge in [0, 0.05) is 17.8 Å². The van der Waals surface area contributed by atoms with Crippen LogP contribution >= 0.6 is 0 Å². The van der Waals surface area contributed by atoms with Gasteiger partial charge in [-0.25, -0.2) is 9.18 Å². The Morgan fingerprint density at radius 3 is 2.67 bits per heavy atom. The van der Waals surface area contributed by atoms with E-state index in [9.17, 15) is 14.0 Å². The fourth-order valence-electron chi connectivity index (χ4n) is 5.68. The van der Waals surface area contributed by atoms with Gasteiger partial charge in [-0.1, -0.05) is 24.3 Å². The molecule has 2 aliphatic heterocycles. The lowest BCUT2D eigenvalue weighted by molar-refractivity contribution is -0.147. The van der Waals surface area contributed by atoms with E-state index in [0.717, 1.165) is 36.1 Å². The Hall–Kier alpha value is -2.93. The number of fused-ring (bicyclic) bond motifs is 1. The van der Waals surface area contributed by atoms with Crippen LogP contribution in [0.3, 0.4) is 0 Å². The van der Waals surface area contributed by atoms with Gasteiger partial charge in [0.15, 0.2) is 0 Å². The minimum atomic E-state index is -1.09. The summed E-state index contributed by atoms with van der Waals surface area (Å²) in [7, 11) is 0. The Morgan fingerprint density at radius 1 is 1.15 bits per heavy atom. The van der Waals surface area contributed by atoms with Crippen molar-refractivity contribution in [2.75, 3.05) is 24.7 Å². The number of ether oxygens (including phenoxy) is 1. The standard InChI is InChI=1S/C26H31FN2O4/c1-18-6-3-9-21(12-18)29-22-10-5-11-28(24(30)16-33-17-25(31)32)23(22)15-26(29,2)14-19-7-4-8-20(27)13-19/h3-4,6-9,12-13,22-23H,5,10-11,14-17H2,1-2H3,(H,31,32)/t22-,23-,26+/m0/s1. The second-order valence-electron chi connectivity index (χ2n) is 9.47. The van der Waals surface area contributed by atoms with Crippen LogP contribution in [-0.4, -0.2) is 59.3 Å². The lowest BCUT2D eigenvalue weighted by Crippen LogP contribution is -2.54. The minimum absolute atomic E-state index is 0.0150. The molecule has 2 saturated heterocycles. The van der Waals surface area contributed by atoms with E-state index in [1.165, 1.54) is 6.07 Å². The van der Waals surface area contributed by atoms with Gasteiger partial charge in [-0.3, -0.25) is 4.79 Å². The number of hydrogen-bond acceptors (Lipinski definition) is 4. The number of carboxylic acids is 1. The first-order chi connectivity index (χ1) is 15.8. The predicted octanol–water partition coefficient (Wildman–Crippen LogP) is 3.81. The molecule has 0 radical (unpaired) electrons. The number of nitrogens with zero attached hydrogens (tertiary/aromatic N) is 2. The molecule has 0 unspecified atom stereocenters. The molecular formula is C26H31FN2O4. The molecule has 2 aliphatic rings. The van der Waals surface area contributed by atoms with Crippen LogP contribution in [-0.2, 0) is 20.7 Å². The molecule has 0 saturated carbocycles. The van der Waals surface area contributed by atoms with Gasteiger partial charge in [0.2, 0.25) is 5.91 Å². The minimum Gasteiger partial charge on any atom is -0.480 e. The Labute approximate surface area is 194 Å². The van der Waals surface area contributed by atoms with Gasteiger partial charge >= 0.3 is 5.97 Å². The molecule has 2 aromatic carbocycles. The number of carbonyl (C=O) groups is 2. The van der Waals surface area contributed by atoms with Crippen molar-refractivity contribution in [3.05, 3.63) is 65.5 Å². The van der Waals surface area contributed by atoms with E-state index in [-0.39, 0.29) is 36.0 Å². The number of aryl methyl sites for hydroxylation is 1. The lowest BCUT2D eigenvalue weighted by Gasteiger charge is -2.43. The van der Waals surface area contributed by atoms with Crippen molar-refractivity contribution in [3.63, 3.8) is 0 Å². The highest BCUT2D eigenvalue weighted by Gasteiger charge is 2.52. The van der Waals surface area contributed by atoms with E-state index in [1.807, 2.05) is 17.0 Å². The summed E-state index contributed by atoms with van der Waals surface area (Å²) in [6, 6.07) is 15.2. The number of carboxylic acid groups (broad SMARTS) is 1. The summed E-state index contributed by atoms with van der Waals surface area (Å²) in [5.41, 5.74) is 2.88. The maximum absolute atomic E-state index is 14.0. The normalized spacial score (nSPS) is 24.6. The maximum Gasteiger partial charge on any atom is 0.329 e. The summed E-state index contributed by atoms with van der Waals surface area (Å²) < 4.78 is 19.1. The summed E-state index contributed by atoms with van der Waals surface area (Å²) in [6.07, 6.45) is 3.22. The molecule has 3 atom stereocenters. The summed E-state index contributed by atoms with van der Waals surface area (Å²) >= 11 is 0. The molecule has 33 heavy (non-hydrogen) atoms. The van der Waals surface area contributed by atoms with Crippen molar-refractivity contribution < 1.29 is 23.8 Å². The third kappa shape index (κ3) is 5.03. The molecule has 0 aliphatic carbocycles. The molecule has 1 amide bonds. The molecule has 6 nitrogen and oxygen atoms in total. The third-order valence-electron chi connectivity index (χ3n) is 6.83. The molecule has 2 aromatic rings. The van der Waals surface area contributed by atoms with Crippen molar-refractivity contribution in [1.82, 2.24) is 4.90 Å². The summed E-state index contributed by atoms with van der Waals surface area (Å²) in [6.45, 7) is 4.18. The van der Waals surface area contributed by atoms with E-state index in [0.29, 0.717) is 13.0 Å². The summed E-state index contributed by atoms with van der Waals surface area (Å²) in [5, 5.41) is 8.82. The molecule has 0 aromatic heterocycles. The van der Waals surface area contributed by atoms with Crippen LogP contribution in [0.1, 0.15) is 37.3 Å². The Balaban J connectivity index is 1.65. The van der Waals surface area contributed by atoms with Gasteiger partial charge in [-0.05, 0) is 74.9 Å². The third-order valence-corrected chi connectivity index (χ3v) is 6.83. The molecule has 0 spiro atoms. The number of rotatable bonds is 7. The van der Waals surface area contributed by atoms with Crippen molar-refractivity contribution >= 4 is 17.6 Å². The van der Waals surface area contributed by atoms with E-state index in [1.54, 1.807) is 12.1 Å². The number of likely N-dealkylation sites (tertiary alicyclic amines) is 1. The molecule has 4 rings (SSSR count). The van der Waals surface area contributed by atoms with Gasteiger partial charge in [0.25, 0.3) is 0 Å². The summed E-state index contributed by atoms with van der Waals surface area (Å²) in [5.74, 6) is -1.51. The van der Waals surface area contributed by atoms with Gasteiger partial charge in [0.1, 0.15) is 19.0 Å². The zero-order valence-electron chi connectivity index (χ0n) is 19.2. The van der Waals surface area contributed by atoms with Gasteiger partial charge in [-0.15, -0.1) is 0 Å². The van der Waals surface area contributed by atoms with Gasteiger partial charge < -0.3 is 19.6 Å².